The van der Waals surface area contributed by atoms with Gasteiger partial charge in [0.25, 0.3) is 0 Å². The molecule has 3 fully saturated rings. The van der Waals surface area contributed by atoms with E-state index in [4.69, 9.17) is 19.5 Å². The first-order chi connectivity index (χ1) is 21.9. The molecule has 0 aromatic heterocycles. The maximum absolute atomic E-state index is 11.4. The van der Waals surface area contributed by atoms with E-state index in [1.54, 1.807) is 0 Å². The Morgan fingerprint density at radius 1 is 0.652 bits per heavy atom. The second kappa shape index (κ2) is 15.0. The van der Waals surface area contributed by atoms with Gasteiger partial charge in [-0.3, -0.25) is 19.8 Å². The first-order valence-corrected chi connectivity index (χ1v) is 17.3. The average molecular weight is 633 g/mol. The Labute approximate surface area is 276 Å². The zero-order valence-corrected chi connectivity index (χ0v) is 29.0. The summed E-state index contributed by atoms with van der Waals surface area (Å²) in [6, 6.07) is 8.53. The van der Waals surface area contributed by atoms with E-state index in [9.17, 15) is 10.2 Å². The zero-order valence-electron chi connectivity index (χ0n) is 29.0. The minimum Gasteiger partial charge on any atom is -0.507 e. The van der Waals surface area contributed by atoms with Crippen molar-refractivity contribution in [3.63, 3.8) is 0 Å². The highest BCUT2D eigenvalue weighted by Crippen LogP contribution is 2.34. The van der Waals surface area contributed by atoms with Crippen LogP contribution in [0.4, 0.5) is 0 Å². The van der Waals surface area contributed by atoms with E-state index in [0.29, 0.717) is 24.6 Å². The second-order valence-corrected chi connectivity index (χ2v) is 15.4. The summed E-state index contributed by atoms with van der Waals surface area (Å²) in [6.45, 7) is 21.0. The van der Waals surface area contributed by atoms with E-state index in [2.05, 4.69) is 75.6 Å². The van der Waals surface area contributed by atoms with Gasteiger partial charge in [-0.15, -0.1) is 0 Å². The maximum Gasteiger partial charge on any atom is 0.128 e. The number of aliphatic imine (C=N–C) groups is 2. The Morgan fingerprint density at radius 2 is 1.02 bits per heavy atom. The number of hydrogen-bond acceptors (Lipinski definition) is 8. The molecule has 46 heavy (non-hydrogen) atoms. The van der Waals surface area contributed by atoms with Crippen LogP contribution in [0.3, 0.4) is 0 Å². The summed E-state index contributed by atoms with van der Waals surface area (Å²) in [5.74, 6) is 0.631. The summed E-state index contributed by atoms with van der Waals surface area (Å²) in [6.07, 6.45) is 7.88. The molecular weight excluding hydrogens is 576 g/mol. The van der Waals surface area contributed by atoms with Crippen LogP contribution in [0.15, 0.2) is 34.3 Å². The molecular formula is C38H56N4O4. The van der Waals surface area contributed by atoms with E-state index in [0.717, 1.165) is 101 Å². The molecule has 0 spiro atoms. The minimum absolute atomic E-state index is 0.0196. The van der Waals surface area contributed by atoms with Crippen LogP contribution in [0.5, 0.6) is 11.5 Å². The first-order valence-electron chi connectivity index (χ1n) is 17.3. The topological polar surface area (TPSA) is 90.1 Å². The van der Waals surface area contributed by atoms with Gasteiger partial charge in [-0.2, -0.15) is 0 Å². The molecule has 2 aliphatic heterocycles. The number of morpholine rings is 2. The van der Waals surface area contributed by atoms with Gasteiger partial charge in [0.05, 0.1) is 38.5 Å². The largest absolute Gasteiger partial charge is 0.507 e. The Hall–Kier alpha value is -2.78. The molecule has 2 saturated heterocycles. The molecule has 2 N–H and O–H groups in total. The molecule has 3 aliphatic rings. The Bertz CT molecular complexity index is 1270. The van der Waals surface area contributed by atoms with Gasteiger partial charge in [-0.25, -0.2) is 0 Å². The van der Waals surface area contributed by atoms with Crippen LogP contribution in [-0.4, -0.2) is 97.1 Å². The lowest BCUT2D eigenvalue weighted by molar-refractivity contribution is 0.0338. The highest BCUT2D eigenvalue weighted by atomic mass is 16.5. The quantitative estimate of drug-likeness (QED) is 0.337. The zero-order chi connectivity index (χ0) is 32.9. The van der Waals surface area contributed by atoms with Crippen molar-refractivity contribution in [2.75, 3.05) is 52.6 Å². The number of benzene rings is 2. The van der Waals surface area contributed by atoms with Gasteiger partial charge >= 0.3 is 0 Å². The molecule has 0 radical (unpaired) electrons. The Kier molecular flexibility index (Phi) is 11.2. The third-order valence-electron chi connectivity index (χ3n) is 9.67. The van der Waals surface area contributed by atoms with Crippen LogP contribution < -0.4 is 0 Å². The number of rotatable bonds is 8. The number of phenolic OH excluding ortho intramolecular Hbond substituents is 2. The fourth-order valence-electron chi connectivity index (χ4n) is 6.53. The van der Waals surface area contributed by atoms with Crippen molar-refractivity contribution >= 4 is 12.4 Å². The van der Waals surface area contributed by atoms with E-state index < -0.39 is 0 Å². The molecule has 0 bridgehead atoms. The van der Waals surface area contributed by atoms with Crippen molar-refractivity contribution in [1.82, 2.24) is 9.80 Å². The van der Waals surface area contributed by atoms with Gasteiger partial charge in [0, 0.05) is 74.0 Å². The van der Waals surface area contributed by atoms with Gasteiger partial charge in [0.2, 0.25) is 0 Å². The molecule has 0 amide bonds. The van der Waals surface area contributed by atoms with Crippen LogP contribution in [0.25, 0.3) is 0 Å². The lowest BCUT2D eigenvalue weighted by Gasteiger charge is -2.29. The number of aromatic hydroxyl groups is 2. The molecule has 1 aliphatic carbocycles. The predicted octanol–water partition coefficient (Wildman–Crippen LogP) is 6.21. The molecule has 1 saturated carbocycles. The van der Waals surface area contributed by atoms with Gasteiger partial charge in [-0.1, -0.05) is 66.5 Å². The number of phenols is 2. The lowest BCUT2D eigenvalue weighted by atomic mass is 9.84. The summed E-state index contributed by atoms with van der Waals surface area (Å²) in [4.78, 5) is 14.8. The number of hydrogen-bond donors (Lipinski definition) is 2. The van der Waals surface area contributed by atoms with Gasteiger partial charge in [0.1, 0.15) is 11.5 Å². The molecule has 2 aromatic carbocycles. The van der Waals surface area contributed by atoms with Crippen molar-refractivity contribution in [2.45, 2.75) is 103 Å². The normalized spacial score (nSPS) is 22.7. The Balaban J connectivity index is 1.39. The van der Waals surface area contributed by atoms with Crippen molar-refractivity contribution < 1.29 is 19.7 Å². The molecule has 8 nitrogen and oxygen atoms in total. The van der Waals surface area contributed by atoms with Gasteiger partial charge in [0.15, 0.2) is 0 Å². The third kappa shape index (κ3) is 8.97. The molecule has 2 unspecified atom stereocenters. The predicted molar refractivity (Wildman–Crippen MR) is 187 cm³/mol. The van der Waals surface area contributed by atoms with Crippen LogP contribution in [0.2, 0.25) is 0 Å². The smallest absolute Gasteiger partial charge is 0.128 e. The average Bonchev–Trinajstić information content (AvgIpc) is 3.02. The number of nitrogens with zero attached hydrogens (tertiary/aromatic N) is 4. The molecule has 5 rings (SSSR count). The van der Waals surface area contributed by atoms with Gasteiger partial charge in [-0.05, 0) is 46.9 Å². The molecule has 2 heterocycles. The van der Waals surface area contributed by atoms with Crippen molar-refractivity contribution in [3.8, 4) is 11.5 Å². The number of ether oxygens (including phenoxy) is 2. The summed E-state index contributed by atoms with van der Waals surface area (Å²) < 4.78 is 11.1. The van der Waals surface area contributed by atoms with Crippen molar-refractivity contribution in [1.29, 1.82) is 0 Å². The van der Waals surface area contributed by atoms with Crippen LogP contribution >= 0.6 is 0 Å². The fraction of sp³-hybridized carbons (Fsp3) is 0.632. The monoisotopic (exact) mass is 632 g/mol. The maximum atomic E-state index is 11.4. The summed E-state index contributed by atoms with van der Waals surface area (Å²) >= 11 is 0. The van der Waals surface area contributed by atoms with Crippen molar-refractivity contribution in [2.24, 2.45) is 9.98 Å². The highest BCUT2D eigenvalue weighted by molar-refractivity contribution is 5.86. The van der Waals surface area contributed by atoms with E-state index in [1.807, 2.05) is 12.4 Å². The van der Waals surface area contributed by atoms with E-state index in [-0.39, 0.29) is 22.9 Å². The molecule has 252 valence electrons. The summed E-state index contributed by atoms with van der Waals surface area (Å²) in [5.41, 5.74) is 5.69. The van der Waals surface area contributed by atoms with Crippen molar-refractivity contribution in [3.05, 3.63) is 57.6 Å². The summed E-state index contributed by atoms with van der Waals surface area (Å²) in [7, 11) is 0. The third-order valence-corrected chi connectivity index (χ3v) is 9.67. The minimum atomic E-state index is -0.0576. The fourth-order valence-corrected chi connectivity index (χ4v) is 6.53. The SMILES string of the molecule is CC(C)(C)c1cc(C=NC2CCCCC2N=Cc2cc(C(C)(C)C)cc(CN3CCOCC3)c2O)c(O)c(CN2CCOCC2)c1. The van der Waals surface area contributed by atoms with Crippen LogP contribution in [0, 0.1) is 0 Å². The second-order valence-electron chi connectivity index (χ2n) is 15.4. The molecule has 2 aromatic rings. The lowest BCUT2D eigenvalue weighted by Crippen LogP contribution is -2.35. The van der Waals surface area contributed by atoms with E-state index >= 15 is 0 Å². The van der Waals surface area contributed by atoms with E-state index in [1.165, 1.54) is 11.1 Å². The highest BCUT2D eigenvalue weighted by Gasteiger charge is 2.26. The summed E-state index contributed by atoms with van der Waals surface area (Å²) in [5, 5.41) is 22.8. The Morgan fingerprint density at radius 3 is 1.37 bits per heavy atom. The van der Waals surface area contributed by atoms with Crippen LogP contribution in [0.1, 0.15) is 101 Å². The van der Waals surface area contributed by atoms with Gasteiger partial charge < -0.3 is 19.7 Å². The molecule has 8 heteroatoms. The van der Waals surface area contributed by atoms with Crippen LogP contribution in [-0.2, 0) is 33.4 Å². The standard InChI is InChI=1S/C38H56N4O4/c1-37(2,3)31-19-27(35(43)29(21-31)25-41-11-15-45-16-12-41)23-39-33-9-7-8-10-34(33)40-24-28-20-32(38(4,5)6)22-30(36(28)44)26-42-13-17-46-18-14-42/h19-24,33-34,43-44H,7-18,25-26H2,1-6H3. The first kappa shape index (κ1) is 34.6. The molecule has 2 atom stereocenters.